The molecule has 3 fully saturated rings. The van der Waals surface area contributed by atoms with Gasteiger partial charge in [0.2, 0.25) is 0 Å². The number of esters is 1. The lowest BCUT2D eigenvalue weighted by molar-refractivity contribution is -0.140. The van der Waals surface area contributed by atoms with Gasteiger partial charge in [0.25, 0.3) is 0 Å². The molecule has 0 radical (unpaired) electrons. The van der Waals surface area contributed by atoms with Crippen molar-refractivity contribution < 1.29 is 19.1 Å². The Morgan fingerprint density at radius 3 is 2.73 bits per heavy atom. The molecule has 0 N–H and O–H groups in total. The van der Waals surface area contributed by atoms with Crippen LogP contribution in [0.15, 0.2) is 35.5 Å². The highest BCUT2D eigenvalue weighted by atomic mass is 16.5. The molecule has 0 spiro atoms. The van der Waals surface area contributed by atoms with Crippen molar-refractivity contribution in [3.05, 3.63) is 35.5 Å². The summed E-state index contributed by atoms with van der Waals surface area (Å²) < 4.78 is 4.82. The van der Waals surface area contributed by atoms with Crippen molar-refractivity contribution in [2.75, 3.05) is 7.11 Å². The second-order valence-corrected chi connectivity index (χ2v) is 8.77. The zero-order chi connectivity index (χ0) is 18.7. The number of carbonyl (C=O) groups is 3. The zero-order valence-electron chi connectivity index (χ0n) is 15.7. The maximum Gasteiger partial charge on any atom is 0.330 e. The van der Waals surface area contributed by atoms with E-state index < -0.39 is 0 Å². The molecule has 4 heteroatoms. The highest BCUT2D eigenvalue weighted by molar-refractivity contribution is 6.01. The summed E-state index contributed by atoms with van der Waals surface area (Å²) in [6.07, 6.45) is 11.1. The molecule has 138 valence electrons. The van der Waals surface area contributed by atoms with E-state index in [1.165, 1.54) is 7.11 Å². The summed E-state index contributed by atoms with van der Waals surface area (Å²) in [5.41, 5.74) is 1.62. The number of ketones is 2. The maximum atomic E-state index is 13.3. The van der Waals surface area contributed by atoms with E-state index in [0.29, 0.717) is 18.3 Å². The summed E-state index contributed by atoms with van der Waals surface area (Å²) in [5.74, 6) is 0.649. The normalized spacial score (nSPS) is 42.8. The van der Waals surface area contributed by atoms with Crippen LogP contribution < -0.4 is 0 Å². The molecule has 4 aliphatic carbocycles. The second kappa shape index (κ2) is 5.77. The maximum absolute atomic E-state index is 13.3. The van der Waals surface area contributed by atoms with Crippen LogP contribution in [0.2, 0.25) is 0 Å². The molecule has 0 heterocycles. The van der Waals surface area contributed by atoms with Crippen molar-refractivity contribution in [3.63, 3.8) is 0 Å². The van der Waals surface area contributed by atoms with E-state index in [2.05, 4.69) is 13.8 Å². The third kappa shape index (κ3) is 2.30. The fraction of sp³-hybridized carbons (Fsp3) is 0.591. The smallest absolute Gasteiger partial charge is 0.330 e. The lowest BCUT2D eigenvalue weighted by atomic mass is 9.48. The van der Waals surface area contributed by atoms with Crippen LogP contribution in [-0.4, -0.2) is 24.6 Å². The third-order valence-electron chi connectivity index (χ3n) is 7.60. The van der Waals surface area contributed by atoms with Crippen molar-refractivity contribution in [3.8, 4) is 0 Å². The molecule has 26 heavy (non-hydrogen) atoms. The van der Waals surface area contributed by atoms with Crippen LogP contribution in [0.4, 0.5) is 0 Å². The van der Waals surface area contributed by atoms with Crippen molar-refractivity contribution in [2.45, 2.75) is 46.0 Å². The summed E-state index contributed by atoms with van der Waals surface area (Å²) in [4.78, 5) is 36.9. The van der Waals surface area contributed by atoms with E-state index in [0.717, 1.165) is 36.8 Å². The first-order valence-electron chi connectivity index (χ1n) is 9.55. The van der Waals surface area contributed by atoms with Gasteiger partial charge in [-0.2, -0.15) is 0 Å². The summed E-state index contributed by atoms with van der Waals surface area (Å²) in [7, 11) is 1.39. The van der Waals surface area contributed by atoms with E-state index in [9.17, 15) is 14.4 Å². The molecule has 0 saturated heterocycles. The summed E-state index contributed by atoms with van der Waals surface area (Å²) >= 11 is 0. The van der Waals surface area contributed by atoms with E-state index in [1.54, 1.807) is 18.2 Å². The van der Waals surface area contributed by atoms with Crippen LogP contribution in [0.3, 0.4) is 0 Å². The lowest BCUT2D eigenvalue weighted by Gasteiger charge is -2.55. The van der Waals surface area contributed by atoms with Crippen LogP contribution >= 0.6 is 0 Å². The standard InChI is InChI=1S/C22H26O4/c1-21-9-8-15(23)10-13(21)4-6-16-17-7-5-14(11-19(25)26-3)22(17,2)12-18(24)20(16)21/h8-11,16-17,20H,4-7,12H2,1-3H3/b14-11+/t16-,17-,20+,21-,22+/m0/s1. The Hall–Kier alpha value is -1.97. The third-order valence-corrected chi connectivity index (χ3v) is 7.60. The van der Waals surface area contributed by atoms with Crippen molar-refractivity contribution in [1.82, 2.24) is 0 Å². The molecule has 4 nitrogen and oxygen atoms in total. The first-order chi connectivity index (χ1) is 12.3. The number of ether oxygens (including phenoxy) is 1. The number of rotatable bonds is 1. The molecule has 4 rings (SSSR count). The first-order valence-corrected chi connectivity index (χ1v) is 9.55. The Bertz CT molecular complexity index is 786. The summed E-state index contributed by atoms with van der Waals surface area (Å²) in [6.45, 7) is 4.28. The molecular formula is C22H26O4. The summed E-state index contributed by atoms with van der Waals surface area (Å²) in [6, 6.07) is 0. The van der Waals surface area contributed by atoms with Crippen LogP contribution in [0.1, 0.15) is 46.0 Å². The minimum atomic E-state index is -0.329. The molecule has 0 amide bonds. The van der Waals surface area contributed by atoms with E-state index >= 15 is 0 Å². The molecule has 0 aliphatic heterocycles. The van der Waals surface area contributed by atoms with Gasteiger partial charge in [0, 0.05) is 23.8 Å². The van der Waals surface area contributed by atoms with Gasteiger partial charge in [0.05, 0.1) is 7.11 Å². The number of hydrogen-bond donors (Lipinski definition) is 0. The van der Waals surface area contributed by atoms with Gasteiger partial charge in [-0.3, -0.25) is 9.59 Å². The van der Waals surface area contributed by atoms with Gasteiger partial charge in [-0.05, 0) is 55.1 Å². The van der Waals surface area contributed by atoms with Gasteiger partial charge < -0.3 is 4.74 Å². The van der Waals surface area contributed by atoms with Crippen LogP contribution in [0.5, 0.6) is 0 Å². The second-order valence-electron chi connectivity index (χ2n) is 8.77. The van der Waals surface area contributed by atoms with Gasteiger partial charge >= 0.3 is 5.97 Å². The molecule has 4 aliphatic rings. The Balaban J connectivity index is 1.72. The van der Waals surface area contributed by atoms with Crippen LogP contribution in [0, 0.1) is 28.6 Å². The van der Waals surface area contributed by atoms with E-state index in [1.807, 2.05) is 6.08 Å². The van der Waals surface area contributed by atoms with E-state index in [4.69, 9.17) is 4.74 Å². The number of hydrogen-bond acceptors (Lipinski definition) is 4. The van der Waals surface area contributed by atoms with Gasteiger partial charge in [-0.15, -0.1) is 0 Å². The SMILES string of the molecule is COC(=O)/C=C1\CC[C@H]2[C@@H]3CCC4=CC(=O)C=C[C@]4(C)[C@H]3C(=O)C[C@]12C. The monoisotopic (exact) mass is 354 g/mol. The Morgan fingerprint density at radius 2 is 2.00 bits per heavy atom. The quantitative estimate of drug-likeness (QED) is 0.533. The van der Waals surface area contributed by atoms with Gasteiger partial charge in [-0.25, -0.2) is 4.79 Å². The fourth-order valence-corrected chi connectivity index (χ4v) is 6.32. The molecule has 0 unspecified atom stereocenters. The van der Waals surface area contributed by atoms with Gasteiger partial charge in [0.1, 0.15) is 5.78 Å². The number of fused-ring (bicyclic) bond motifs is 5. The fourth-order valence-electron chi connectivity index (χ4n) is 6.32. The molecule has 3 saturated carbocycles. The molecular weight excluding hydrogens is 328 g/mol. The predicted molar refractivity (Wildman–Crippen MR) is 97.1 cm³/mol. The predicted octanol–water partition coefficient (Wildman–Crippen LogP) is 3.57. The van der Waals surface area contributed by atoms with Crippen molar-refractivity contribution in [2.24, 2.45) is 28.6 Å². The Morgan fingerprint density at radius 1 is 1.23 bits per heavy atom. The molecule has 0 aromatic heterocycles. The van der Waals surface area contributed by atoms with Crippen molar-refractivity contribution >= 4 is 17.5 Å². The minimum Gasteiger partial charge on any atom is -0.466 e. The van der Waals surface area contributed by atoms with E-state index in [-0.39, 0.29) is 34.3 Å². The van der Waals surface area contributed by atoms with Crippen LogP contribution in [-0.2, 0) is 19.1 Å². The van der Waals surface area contributed by atoms with Crippen LogP contribution in [0.25, 0.3) is 0 Å². The average Bonchev–Trinajstić information content (AvgIpc) is 2.91. The molecule has 0 aromatic carbocycles. The number of carbonyl (C=O) groups excluding carboxylic acids is 3. The highest BCUT2D eigenvalue weighted by Gasteiger charge is 2.60. The number of allylic oxidation sites excluding steroid dienone is 5. The highest BCUT2D eigenvalue weighted by Crippen LogP contribution is 2.64. The lowest BCUT2D eigenvalue weighted by Crippen LogP contribution is -2.53. The Labute approximate surface area is 154 Å². The number of Topliss-reactive ketones (excluding diaryl/α,β-unsaturated/α-hetero) is 1. The minimum absolute atomic E-state index is 0.0354. The topological polar surface area (TPSA) is 60.4 Å². The molecule has 0 aromatic rings. The zero-order valence-corrected chi connectivity index (χ0v) is 15.7. The first kappa shape index (κ1) is 17.4. The Kier molecular flexibility index (Phi) is 3.87. The molecule has 0 bridgehead atoms. The van der Waals surface area contributed by atoms with Crippen molar-refractivity contribution in [1.29, 1.82) is 0 Å². The largest absolute Gasteiger partial charge is 0.466 e. The van der Waals surface area contributed by atoms with Gasteiger partial charge in [-0.1, -0.05) is 31.1 Å². The number of methoxy groups -OCH3 is 1. The molecule has 5 atom stereocenters. The summed E-state index contributed by atoms with van der Waals surface area (Å²) in [5, 5.41) is 0. The van der Waals surface area contributed by atoms with Gasteiger partial charge in [0.15, 0.2) is 5.78 Å². The average molecular weight is 354 g/mol.